The summed E-state index contributed by atoms with van der Waals surface area (Å²) in [6, 6.07) is 9.84. The third kappa shape index (κ3) is 2.76. The number of benzene rings is 1. The number of fused-ring (bicyclic) bond motifs is 1. The number of nitriles is 1. The first-order valence-electron chi connectivity index (χ1n) is 7.67. The maximum atomic E-state index is 12.8. The van der Waals surface area contributed by atoms with E-state index < -0.39 is 0 Å². The molecule has 3 atom stereocenters. The lowest BCUT2D eigenvalue weighted by Crippen LogP contribution is -2.48. The SMILES string of the molecule is CC1(C)CC(=O)C2C(C1)OC(N)=C(C#N)C2c1ccccc1Br. The highest BCUT2D eigenvalue weighted by molar-refractivity contribution is 9.10. The number of halogens is 1. The number of carbonyl (C=O) groups excluding carboxylic acids is 1. The molecule has 3 rings (SSSR count). The largest absolute Gasteiger partial charge is 0.474 e. The predicted octanol–water partition coefficient (Wildman–Crippen LogP) is 3.63. The van der Waals surface area contributed by atoms with E-state index in [2.05, 4.69) is 35.8 Å². The maximum Gasteiger partial charge on any atom is 0.199 e. The molecule has 2 aliphatic rings. The van der Waals surface area contributed by atoms with E-state index in [-0.39, 0.29) is 35.0 Å². The number of nitrogens with zero attached hydrogens (tertiary/aromatic N) is 1. The van der Waals surface area contributed by atoms with Gasteiger partial charge >= 0.3 is 0 Å². The summed E-state index contributed by atoms with van der Waals surface area (Å²) in [5.74, 6) is -0.408. The number of Topliss-reactive ketones (excluding diaryl/α,β-unsaturated/α-hetero) is 1. The Labute approximate surface area is 144 Å². The summed E-state index contributed by atoms with van der Waals surface area (Å²) >= 11 is 3.54. The zero-order chi connectivity index (χ0) is 16.8. The summed E-state index contributed by atoms with van der Waals surface area (Å²) in [5, 5.41) is 9.57. The van der Waals surface area contributed by atoms with Gasteiger partial charge in [0.25, 0.3) is 0 Å². The molecule has 120 valence electrons. The molecule has 0 spiro atoms. The number of allylic oxidation sites excluding steroid dienone is 1. The van der Waals surface area contributed by atoms with Crippen LogP contribution in [0.4, 0.5) is 0 Å². The molecular formula is C18H19BrN2O2. The third-order valence-electron chi connectivity index (χ3n) is 4.75. The number of ketones is 1. The van der Waals surface area contributed by atoms with Gasteiger partial charge < -0.3 is 10.5 Å². The van der Waals surface area contributed by atoms with Crippen molar-refractivity contribution < 1.29 is 9.53 Å². The Morgan fingerprint density at radius 3 is 2.74 bits per heavy atom. The van der Waals surface area contributed by atoms with Crippen LogP contribution < -0.4 is 5.73 Å². The molecule has 0 amide bonds. The molecular weight excluding hydrogens is 356 g/mol. The maximum absolute atomic E-state index is 12.8. The van der Waals surface area contributed by atoms with E-state index in [9.17, 15) is 10.1 Å². The average Bonchev–Trinajstić information content (AvgIpc) is 2.45. The van der Waals surface area contributed by atoms with Gasteiger partial charge in [-0.25, -0.2) is 0 Å². The van der Waals surface area contributed by atoms with Crippen molar-refractivity contribution in [1.82, 2.24) is 0 Å². The van der Waals surface area contributed by atoms with Crippen LogP contribution in [0.3, 0.4) is 0 Å². The molecule has 1 saturated carbocycles. The number of hydrogen-bond donors (Lipinski definition) is 1. The molecule has 4 nitrogen and oxygen atoms in total. The van der Waals surface area contributed by atoms with Crippen molar-refractivity contribution in [2.75, 3.05) is 0 Å². The molecule has 0 saturated heterocycles. The molecule has 0 radical (unpaired) electrons. The Bertz CT molecular complexity index is 733. The van der Waals surface area contributed by atoms with Crippen LogP contribution in [0.15, 0.2) is 40.2 Å². The summed E-state index contributed by atoms with van der Waals surface area (Å²) < 4.78 is 6.67. The van der Waals surface area contributed by atoms with Crippen molar-refractivity contribution in [3.8, 4) is 6.07 Å². The van der Waals surface area contributed by atoms with E-state index in [1.807, 2.05) is 24.3 Å². The molecule has 1 heterocycles. The first-order chi connectivity index (χ1) is 10.8. The van der Waals surface area contributed by atoms with Crippen molar-refractivity contribution in [3.05, 3.63) is 45.8 Å². The minimum Gasteiger partial charge on any atom is -0.474 e. The summed E-state index contributed by atoms with van der Waals surface area (Å²) in [7, 11) is 0. The Morgan fingerprint density at radius 2 is 2.09 bits per heavy atom. The van der Waals surface area contributed by atoms with Gasteiger partial charge in [-0.15, -0.1) is 0 Å². The number of rotatable bonds is 1. The van der Waals surface area contributed by atoms with Crippen LogP contribution in [-0.2, 0) is 9.53 Å². The smallest absolute Gasteiger partial charge is 0.199 e. The lowest BCUT2D eigenvalue weighted by Gasteiger charge is -2.45. The molecule has 0 aromatic heterocycles. The zero-order valence-electron chi connectivity index (χ0n) is 13.2. The van der Waals surface area contributed by atoms with Crippen molar-refractivity contribution >= 4 is 21.7 Å². The Kier molecular flexibility index (Phi) is 3.97. The Hall–Kier alpha value is -1.80. The molecule has 23 heavy (non-hydrogen) atoms. The fourth-order valence-corrected chi connectivity index (χ4v) is 4.35. The van der Waals surface area contributed by atoms with Gasteiger partial charge in [-0.2, -0.15) is 5.26 Å². The number of nitrogens with two attached hydrogens (primary N) is 1. The molecule has 3 unspecified atom stereocenters. The average molecular weight is 375 g/mol. The molecule has 2 N–H and O–H groups in total. The minimum absolute atomic E-state index is 0.110. The Balaban J connectivity index is 2.15. The molecule has 1 aliphatic heterocycles. The number of carbonyl (C=O) groups is 1. The zero-order valence-corrected chi connectivity index (χ0v) is 14.8. The number of hydrogen-bond acceptors (Lipinski definition) is 4. The highest BCUT2D eigenvalue weighted by Crippen LogP contribution is 2.49. The predicted molar refractivity (Wildman–Crippen MR) is 90.1 cm³/mol. The monoisotopic (exact) mass is 374 g/mol. The van der Waals surface area contributed by atoms with Gasteiger partial charge in [0.1, 0.15) is 18.0 Å². The van der Waals surface area contributed by atoms with Gasteiger partial charge in [-0.3, -0.25) is 4.79 Å². The van der Waals surface area contributed by atoms with Crippen LogP contribution in [0.5, 0.6) is 0 Å². The van der Waals surface area contributed by atoms with Crippen LogP contribution in [0.2, 0.25) is 0 Å². The summed E-state index contributed by atoms with van der Waals surface area (Å²) in [4.78, 5) is 12.8. The van der Waals surface area contributed by atoms with E-state index in [0.717, 1.165) is 16.5 Å². The number of ether oxygens (including phenoxy) is 1. The van der Waals surface area contributed by atoms with Gasteiger partial charge in [0.05, 0.1) is 11.5 Å². The van der Waals surface area contributed by atoms with Crippen molar-refractivity contribution in [3.63, 3.8) is 0 Å². The highest BCUT2D eigenvalue weighted by Gasteiger charge is 2.50. The van der Waals surface area contributed by atoms with E-state index in [1.54, 1.807) is 0 Å². The molecule has 1 aromatic rings. The van der Waals surface area contributed by atoms with Gasteiger partial charge in [0.15, 0.2) is 5.88 Å². The van der Waals surface area contributed by atoms with Crippen molar-refractivity contribution in [2.45, 2.75) is 38.7 Å². The topological polar surface area (TPSA) is 76.1 Å². The Morgan fingerprint density at radius 1 is 1.39 bits per heavy atom. The van der Waals surface area contributed by atoms with Crippen LogP contribution in [0, 0.1) is 22.7 Å². The minimum atomic E-state index is -0.358. The molecule has 1 fully saturated rings. The molecule has 0 bridgehead atoms. The van der Waals surface area contributed by atoms with Gasteiger partial charge in [-0.1, -0.05) is 48.0 Å². The van der Waals surface area contributed by atoms with Gasteiger partial charge in [0, 0.05) is 16.8 Å². The van der Waals surface area contributed by atoms with E-state index in [1.165, 1.54) is 0 Å². The second-order valence-corrected chi connectivity index (χ2v) is 7.94. The second kappa shape index (κ2) is 5.68. The van der Waals surface area contributed by atoms with Crippen molar-refractivity contribution in [2.24, 2.45) is 17.1 Å². The van der Waals surface area contributed by atoms with Crippen LogP contribution in [0.25, 0.3) is 0 Å². The molecule has 5 heteroatoms. The van der Waals surface area contributed by atoms with Crippen molar-refractivity contribution in [1.29, 1.82) is 5.26 Å². The first-order valence-corrected chi connectivity index (χ1v) is 8.47. The van der Waals surface area contributed by atoms with E-state index >= 15 is 0 Å². The highest BCUT2D eigenvalue weighted by atomic mass is 79.9. The lowest BCUT2D eigenvalue weighted by atomic mass is 9.63. The fraction of sp³-hybridized carbons (Fsp3) is 0.444. The van der Waals surface area contributed by atoms with E-state index in [4.69, 9.17) is 10.5 Å². The summed E-state index contributed by atoms with van der Waals surface area (Å²) in [6.45, 7) is 4.13. The van der Waals surface area contributed by atoms with E-state index in [0.29, 0.717) is 12.0 Å². The van der Waals surface area contributed by atoms with Crippen LogP contribution in [-0.4, -0.2) is 11.9 Å². The summed E-state index contributed by atoms with van der Waals surface area (Å²) in [6.07, 6.45) is 0.973. The fourth-order valence-electron chi connectivity index (χ4n) is 3.82. The lowest BCUT2D eigenvalue weighted by molar-refractivity contribution is -0.138. The molecule has 1 aliphatic carbocycles. The quantitative estimate of drug-likeness (QED) is 0.813. The molecule has 1 aromatic carbocycles. The van der Waals surface area contributed by atoms with Gasteiger partial charge in [-0.05, 0) is 23.5 Å². The third-order valence-corrected chi connectivity index (χ3v) is 5.48. The normalized spacial score (nSPS) is 29.5. The first kappa shape index (κ1) is 16.1. The standard InChI is InChI=1S/C18H19BrN2O2/c1-18(2)7-13(22)16-14(8-18)23-17(21)11(9-20)15(16)10-5-3-4-6-12(10)19/h3-6,14-16H,7-8,21H2,1-2H3. The van der Waals surface area contributed by atoms with Gasteiger partial charge in [0.2, 0.25) is 0 Å². The summed E-state index contributed by atoms with van der Waals surface area (Å²) in [5.41, 5.74) is 7.17. The van der Waals surface area contributed by atoms with Crippen LogP contribution in [0.1, 0.15) is 38.2 Å². The van der Waals surface area contributed by atoms with Crippen LogP contribution >= 0.6 is 15.9 Å². The second-order valence-electron chi connectivity index (χ2n) is 7.08.